The Morgan fingerprint density at radius 3 is 2.29 bits per heavy atom. The number of ether oxygens (including phenoxy) is 1. The minimum Gasteiger partial charge on any atom is -0.480 e. The molecule has 2 aliphatic carbocycles. The first-order chi connectivity index (χ1) is 16.5. The van der Waals surface area contributed by atoms with Crippen LogP contribution in [0.4, 0.5) is 4.79 Å². The third-order valence-corrected chi connectivity index (χ3v) is 6.84. The highest BCUT2D eigenvalue weighted by molar-refractivity contribution is 5.81. The zero-order valence-corrected chi connectivity index (χ0v) is 19.5. The van der Waals surface area contributed by atoms with Crippen molar-refractivity contribution in [1.82, 2.24) is 10.2 Å². The number of carbonyl (C=O) groups excluding carboxylic acids is 2. The highest BCUT2D eigenvalue weighted by Gasteiger charge is 2.31. The molecule has 2 atom stereocenters. The van der Waals surface area contributed by atoms with Crippen molar-refractivity contribution in [1.29, 1.82) is 0 Å². The maximum atomic E-state index is 12.6. The molecule has 0 heterocycles. The van der Waals surface area contributed by atoms with E-state index in [1.807, 2.05) is 31.2 Å². The van der Waals surface area contributed by atoms with Gasteiger partial charge in [-0.15, -0.1) is 0 Å². The zero-order valence-electron chi connectivity index (χ0n) is 19.5. The van der Waals surface area contributed by atoms with Crippen LogP contribution in [0.5, 0.6) is 0 Å². The molecule has 4 rings (SSSR count). The molecule has 180 valence electrons. The molecule has 2 N–H and O–H groups in total. The molecule has 2 amide bonds. The summed E-state index contributed by atoms with van der Waals surface area (Å²) in [6.45, 7) is 2.38. The van der Waals surface area contributed by atoms with Crippen LogP contribution >= 0.6 is 0 Å². The first-order valence-corrected chi connectivity index (χ1v) is 12.1. The quantitative estimate of drug-likeness (QED) is 0.573. The molecule has 0 saturated heterocycles. The molecule has 0 radical (unpaired) electrons. The van der Waals surface area contributed by atoms with E-state index in [9.17, 15) is 14.4 Å². The maximum Gasteiger partial charge on any atom is 0.407 e. The number of hydrogen-bond acceptors (Lipinski definition) is 4. The van der Waals surface area contributed by atoms with Crippen molar-refractivity contribution in [2.24, 2.45) is 5.92 Å². The van der Waals surface area contributed by atoms with Crippen molar-refractivity contribution in [3.63, 3.8) is 0 Å². The van der Waals surface area contributed by atoms with Crippen molar-refractivity contribution >= 4 is 18.0 Å². The van der Waals surface area contributed by atoms with Crippen molar-refractivity contribution < 1.29 is 24.2 Å². The lowest BCUT2D eigenvalue weighted by Gasteiger charge is -2.22. The van der Waals surface area contributed by atoms with E-state index in [4.69, 9.17) is 9.84 Å². The molecule has 0 aliphatic heterocycles. The molecule has 0 bridgehead atoms. The summed E-state index contributed by atoms with van der Waals surface area (Å²) >= 11 is 0. The Kier molecular flexibility index (Phi) is 7.50. The van der Waals surface area contributed by atoms with E-state index in [-0.39, 0.29) is 36.9 Å². The van der Waals surface area contributed by atoms with Crippen molar-refractivity contribution in [2.45, 2.75) is 51.0 Å². The summed E-state index contributed by atoms with van der Waals surface area (Å²) in [5.74, 6) is -0.968. The molecular weight excluding hydrogens is 432 g/mol. The topological polar surface area (TPSA) is 95.9 Å². The maximum absolute atomic E-state index is 12.6. The Morgan fingerprint density at radius 1 is 1.03 bits per heavy atom. The van der Waals surface area contributed by atoms with Gasteiger partial charge in [0.05, 0.1) is 0 Å². The predicted molar refractivity (Wildman–Crippen MR) is 128 cm³/mol. The van der Waals surface area contributed by atoms with Gasteiger partial charge in [-0.25, -0.2) is 4.79 Å². The average molecular weight is 465 g/mol. The van der Waals surface area contributed by atoms with Crippen LogP contribution in [0.2, 0.25) is 0 Å². The molecule has 2 aromatic carbocycles. The Labute approximate surface area is 200 Å². The number of nitrogens with zero attached hydrogens (tertiary/aromatic N) is 1. The number of nitrogens with one attached hydrogen (secondary N) is 1. The molecule has 0 spiro atoms. The first-order valence-electron chi connectivity index (χ1n) is 12.1. The number of carboxylic acid groups (broad SMARTS) is 1. The largest absolute Gasteiger partial charge is 0.480 e. The molecular formula is C27H32N2O5. The number of rotatable bonds is 9. The fourth-order valence-corrected chi connectivity index (χ4v) is 5.30. The van der Waals surface area contributed by atoms with Crippen LogP contribution in [-0.2, 0) is 14.3 Å². The number of hydrogen-bond donors (Lipinski definition) is 2. The van der Waals surface area contributed by atoms with E-state index >= 15 is 0 Å². The van der Waals surface area contributed by atoms with E-state index in [0.717, 1.165) is 19.3 Å². The predicted octanol–water partition coefficient (Wildman–Crippen LogP) is 4.41. The number of carbonyl (C=O) groups is 3. The summed E-state index contributed by atoms with van der Waals surface area (Å²) in [7, 11) is 0. The fraction of sp³-hybridized carbons (Fsp3) is 0.444. The molecule has 0 aromatic heterocycles. The summed E-state index contributed by atoms with van der Waals surface area (Å²) in [4.78, 5) is 37.6. The summed E-state index contributed by atoms with van der Waals surface area (Å²) < 4.78 is 5.64. The highest BCUT2D eigenvalue weighted by atomic mass is 16.5. The van der Waals surface area contributed by atoms with E-state index in [2.05, 4.69) is 29.6 Å². The number of amides is 2. The standard InChI is InChI=1S/C27H32N2O5/c1-2-13-29(16-26(31)32)25(30)15-18-11-12-19(14-18)28-27(33)34-17-24-22-9-5-3-7-20(22)21-8-4-6-10-23(21)24/h3-10,18-19,24H,2,11-17H2,1H3,(H,28,33)(H,31,32)/t18-,19+/m0/s1. The van der Waals surface area contributed by atoms with Crippen molar-refractivity contribution in [3.8, 4) is 11.1 Å². The molecule has 2 aromatic rings. The number of carboxylic acids is 1. The van der Waals surface area contributed by atoms with E-state index in [1.54, 1.807) is 0 Å². The fourth-order valence-electron chi connectivity index (χ4n) is 5.30. The molecule has 34 heavy (non-hydrogen) atoms. The molecule has 1 saturated carbocycles. The van der Waals surface area contributed by atoms with E-state index < -0.39 is 12.1 Å². The molecule has 7 heteroatoms. The van der Waals surface area contributed by atoms with Crippen LogP contribution in [0.3, 0.4) is 0 Å². The number of aliphatic carboxylic acids is 1. The molecule has 2 aliphatic rings. The molecule has 0 unspecified atom stereocenters. The van der Waals surface area contributed by atoms with Crippen molar-refractivity contribution in [3.05, 3.63) is 59.7 Å². The van der Waals surface area contributed by atoms with Gasteiger partial charge >= 0.3 is 12.1 Å². The minimum absolute atomic E-state index is 0.0193. The van der Waals surface area contributed by atoms with Gasteiger partial charge in [0.2, 0.25) is 5.91 Å². The third kappa shape index (κ3) is 5.41. The van der Waals surface area contributed by atoms with Crippen LogP contribution < -0.4 is 5.32 Å². The Balaban J connectivity index is 1.27. The van der Waals surface area contributed by atoms with Crippen LogP contribution in [0.25, 0.3) is 11.1 Å². The Morgan fingerprint density at radius 2 is 1.68 bits per heavy atom. The van der Waals surface area contributed by atoms with Gasteiger partial charge in [0, 0.05) is 24.9 Å². The van der Waals surface area contributed by atoms with Crippen LogP contribution in [0, 0.1) is 5.92 Å². The SMILES string of the molecule is CCCN(CC(=O)O)C(=O)C[C@H]1CC[C@@H](NC(=O)OCC2c3ccccc3-c3ccccc32)C1. The van der Waals surface area contributed by atoms with Gasteiger partial charge in [-0.05, 0) is 53.9 Å². The van der Waals surface area contributed by atoms with Gasteiger partial charge < -0.3 is 20.1 Å². The smallest absolute Gasteiger partial charge is 0.407 e. The summed E-state index contributed by atoms with van der Waals surface area (Å²) in [5, 5.41) is 12.0. The van der Waals surface area contributed by atoms with Gasteiger partial charge in [0.15, 0.2) is 0 Å². The Bertz CT molecular complexity index is 1010. The average Bonchev–Trinajstić information content (AvgIpc) is 3.39. The normalized spacial score (nSPS) is 18.7. The number of alkyl carbamates (subject to hydrolysis) is 1. The van der Waals surface area contributed by atoms with Crippen LogP contribution in [0.1, 0.15) is 56.1 Å². The first kappa shape index (κ1) is 23.8. The Hall–Kier alpha value is -3.35. The molecule has 7 nitrogen and oxygen atoms in total. The summed E-state index contributed by atoms with van der Waals surface area (Å²) in [6.07, 6.45) is 2.91. The number of benzene rings is 2. The zero-order chi connectivity index (χ0) is 24.1. The minimum atomic E-state index is -0.997. The van der Waals surface area contributed by atoms with Gasteiger partial charge in [-0.2, -0.15) is 0 Å². The lowest BCUT2D eigenvalue weighted by molar-refractivity contribution is -0.144. The van der Waals surface area contributed by atoms with Crippen LogP contribution in [-0.4, -0.2) is 53.7 Å². The van der Waals surface area contributed by atoms with E-state index in [1.165, 1.54) is 27.2 Å². The summed E-state index contributed by atoms with van der Waals surface area (Å²) in [6, 6.07) is 16.4. The highest BCUT2D eigenvalue weighted by Crippen LogP contribution is 2.44. The lowest BCUT2D eigenvalue weighted by Crippen LogP contribution is -2.37. The number of fused-ring (bicyclic) bond motifs is 3. The second kappa shape index (κ2) is 10.7. The molecule has 1 fully saturated rings. The van der Waals surface area contributed by atoms with Crippen molar-refractivity contribution in [2.75, 3.05) is 19.7 Å². The second-order valence-corrected chi connectivity index (χ2v) is 9.26. The van der Waals surface area contributed by atoms with Gasteiger partial charge in [-0.1, -0.05) is 55.5 Å². The van der Waals surface area contributed by atoms with Gasteiger partial charge in [-0.3, -0.25) is 9.59 Å². The van der Waals surface area contributed by atoms with E-state index in [0.29, 0.717) is 19.4 Å². The van der Waals surface area contributed by atoms with Gasteiger partial charge in [0.1, 0.15) is 13.2 Å². The van der Waals surface area contributed by atoms with Gasteiger partial charge in [0.25, 0.3) is 0 Å². The third-order valence-electron chi connectivity index (χ3n) is 6.84. The summed E-state index contributed by atoms with van der Waals surface area (Å²) in [5.41, 5.74) is 4.73. The lowest BCUT2D eigenvalue weighted by atomic mass is 9.98. The van der Waals surface area contributed by atoms with Crippen LogP contribution in [0.15, 0.2) is 48.5 Å². The second-order valence-electron chi connectivity index (χ2n) is 9.26. The monoisotopic (exact) mass is 464 g/mol.